The van der Waals surface area contributed by atoms with Gasteiger partial charge in [0.15, 0.2) is 0 Å². The SMILES string of the molecule is CC(C)(C)[C@@H]1OCC[C@H]1[S@](=O)c1ccc(Cl)cc1. The van der Waals surface area contributed by atoms with Gasteiger partial charge in [0.05, 0.1) is 22.2 Å². The molecule has 0 saturated carbocycles. The molecule has 0 unspecified atom stereocenters. The first kappa shape index (κ1) is 14.0. The maximum absolute atomic E-state index is 12.6. The fraction of sp³-hybridized carbons (Fsp3) is 0.571. The second-order valence-corrected chi connectivity index (χ2v) is 7.84. The highest BCUT2D eigenvalue weighted by Crippen LogP contribution is 2.35. The molecule has 0 spiro atoms. The number of rotatable bonds is 2. The van der Waals surface area contributed by atoms with E-state index in [0.717, 1.165) is 11.3 Å². The molecule has 2 rings (SSSR count). The quantitative estimate of drug-likeness (QED) is 0.829. The van der Waals surface area contributed by atoms with E-state index < -0.39 is 10.8 Å². The molecule has 1 aromatic carbocycles. The molecule has 2 nitrogen and oxygen atoms in total. The van der Waals surface area contributed by atoms with E-state index in [2.05, 4.69) is 20.8 Å². The van der Waals surface area contributed by atoms with E-state index in [4.69, 9.17) is 16.3 Å². The van der Waals surface area contributed by atoms with Crippen LogP contribution in [0, 0.1) is 5.41 Å². The molecule has 0 amide bonds. The van der Waals surface area contributed by atoms with E-state index in [9.17, 15) is 4.21 Å². The fourth-order valence-electron chi connectivity index (χ4n) is 2.34. The van der Waals surface area contributed by atoms with Crippen molar-refractivity contribution in [3.8, 4) is 0 Å². The minimum atomic E-state index is -1.03. The van der Waals surface area contributed by atoms with Crippen LogP contribution in [0.4, 0.5) is 0 Å². The molecule has 100 valence electrons. The molecule has 0 N–H and O–H groups in total. The van der Waals surface area contributed by atoms with Gasteiger partial charge in [-0.3, -0.25) is 4.21 Å². The van der Waals surface area contributed by atoms with Gasteiger partial charge in [-0.15, -0.1) is 0 Å². The summed E-state index contributed by atoms with van der Waals surface area (Å²) in [5.74, 6) is 0. The molecule has 0 aliphatic carbocycles. The first-order valence-electron chi connectivity index (χ1n) is 6.17. The third kappa shape index (κ3) is 2.95. The summed E-state index contributed by atoms with van der Waals surface area (Å²) in [4.78, 5) is 0.837. The molecule has 1 aromatic rings. The third-order valence-corrected chi connectivity index (χ3v) is 5.23. The van der Waals surface area contributed by atoms with E-state index in [1.54, 1.807) is 12.1 Å². The Morgan fingerprint density at radius 1 is 1.28 bits per heavy atom. The molecule has 1 aliphatic heterocycles. The number of hydrogen-bond acceptors (Lipinski definition) is 2. The summed E-state index contributed by atoms with van der Waals surface area (Å²) in [7, 11) is -1.03. The zero-order valence-corrected chi connectivity index (χ0v) is 12.6. The molecule has 0 radical (unpaired) electrons. The van der Waals surface area contributed by atoms with Crippen molar-refractivity contribution in [1.29, 1.82) is 0 Å². The molecular weight excluding hydrogens is 268 g/mol. The number of benzene rings is 1. The maximum Gasteiger partial charge on any atom is 0.0771 e. The van der Waals surface area contributed by atoms with Gasteiger partial charge in [0.1, 0.15) is 0 Å². The van der Waals surface area contributed by atoms with Gasteiger partial charge in [0, 0.05) is 16.5 Å². The van der Waals surface area contributed by atoms with Crippen LogP contribution in [0.1, 0.15) is 27.2 Å². The normalized spacial score (nSPS) is 26.2. The highest BCUT2D eigenvalue weighted by atomic mass is 35.5. The van der Waals surface area contributed by atoms with Crippen LogP contribution in [-0.2, 0) is 15.5 Å². The summed E-state index contributed by atoms with van der Waals surface area (Å²) in [6.07, 6.45) is 0.908. The second kappa shape index (κ2) is 5.32. The van der Waals surface area contributed by atoms with E-state index >= 15 is 0 Å². The Balaban J connectivity index is 2.20. The fourth-order valence-corrected chi connectivity index (χ4v) is 4.24. The molecule has 0 bridgehead atoms. The summed E-state index contributed by atoms with van der Waals surface area (Å²) < 4.78 is 18.4. The number of halogens is 1. The third-order valence-electron chi connectivity index (χ3n) is 3.21. The topological polar surface area (TPSA) is 26.3 Å². The molecule has 1 fully saturated rings. The van der Waals surface area contributed by atoms with Gasteiger partial charge >= 0.3 is 0 Å². The van der Waals surface area contributed by atoms with Crippen molar-refractivity contribution in [2.24, 2.45) is 5.41 Å². The number of hydrogen-bond donors (Lipinski definition) is 0. The first-order valence-corrected chi connectivity index (χ1v) is 7.76. The van der Waals surface area contributed by atoms with Crippen molar-refractivity contribution >= 4 is 22.4 Å². The highest BCUT2D eigenvalue weighted by Gasteiger charge is 2.40. The first-order chi connectivity index (χ1) is 8.39. The molecule has 0 aromatic heterocycles. The molecular formula is C14H19ClO2S. The van der Waals surface area contributed by atoms with Crippen LogP contribution < -0.4 is 0 Å². The maximum atomic E-state index is 12.6. The lowest BCUT2D eigenvalue weighted by Crippen LogP contribution is -2.37. The standard InChI is InChI=1S/C14H19ClO2S/c1-14(2,3)13-12(8-9-17-13)18(16)11-6-4-10(15)5-7-11/h4-7,12-13H,8-9H2,1-3H3/t12-,13-,18-/m1/s1. The van der Waals surface area contributed by atoms with Gasteiger partial charge in [-0.2, -0.15) is 0 Å². The zero-order valence-electron chi connectivity index (χ0n) is 11.0. The monoisotopic (exact) mass is 286 g/mol. The van der Waals surface area contributed by atoms with Gasteiger partial charge in [0.25, 0.3) is 0 Å². The molecule has 18 heavy (non-hydrogen) atoms. The van der Waals surface area contributed by atoms with Crippen LogP contribution in [0.2, 0.25) is 5.02 Å². The largest absolute Gasteiger partial charge is 0.376 e. The molecule has 1 saturated heterocycles. The van der Waals surface area contributed by atoms with Crippen molar-refractivity contribution < 1.29 is 8.95 Å². The number of ether oxygens (including phenoxy) is 1. The Bertz CT molecular complexity index is 436. The molecule has 4 heteroatoms. The Morgan fingerprint density at radius 2 is 1.89 bits per heavy atom. The van der Waals surface area contributed by atoms with Crippen LogP contribution >= 0.6 is 11.6 Å². The van der Waals surface area contributed by atoms with Crippen molar-refractivity contribution in [3.05, 3.63) is 29.3 Å². The Labute approximate surface area is 116 Å². The Kier molecular flexibility index (Phi) is 4.15. The summed E-state index contributed by atoms with van der Waals surface area (Å²) in [5.41, 5.74) is 0.0171. The van der Waals surface area contributed by atoms with Gasteiger partial charge in [-0.1, -0.05) is 32.4 Å². The smallest absolute Gasteiger partial charge is 0.0771 e. The Morgan fingerprint density at radius 3 is 2.44 bits per heavy atom. The summed E-state index contributed by atoms with van der Waals surface area (Å²) in [6.45, 7) is 7.10. The van der Waals surface area contributed by atoms with Crippen LogP contribution in [0.3, 0.4) is 0 Å². The lowest BCUT2D eigenvalue weighted by Gasteiger charge is -2.30. The van der Waals surface area contributed by atoms with E-state index in [1.807, 2.05) is 12.1 Å². The molecule has 3 atom stereocenters. The molecule has 1 heterocycles. The second-order valence-electron chi connectivity index (χ2n) is 5.74. The lowest BCUT2D eigenvalue weighted by atomic mass is 9.87. The van der Waals surface area contributed by atoms with Crippen molar-refractivity contribution in [2.75, 3.05) is 6.61 Å². The van der Waals surface area contributed by atoms with Crippen LogP contribution in [-0.4, -0.2) is 22.2 Å². The summed E-state index contributed by atoms with van der Waals surface area (Å²) in [5, 5.41) is 0.747. The average Bonchev–Trinajstić information content (AvgIpc) is 2.77. The molecule has 1 aliphatic rings. The summed E-state index contributed by atoms with van der Waals surface area (Å²) in [6, 6.07) is 7.26. The Hall–Kier alpha value is -0.380. The van der Waals surface area contributed by atoms with Crippen molar-refractivity contribution in [1.82, 2.24) is 0 Å². The van der Waals surface area contributed by atoms with Crippen molar-refractivity contribution in [3.63, 3.8) is 0 Å². The summed E-state index contributed by atoms with van der Waals surface area (Å²) >= 11 is 5.85. The van der Waals surface area contributed by atoms with Gasteiger partial charge < -0.3 is 4.74 Å². The van der Waals surface area contributed by atoms with E-state index in [0.29, 0.717) is 11.6 Å². The van der Waals surface area contributed by atoms with Crippen LogP contribution in [0.25, 0.3) is 0 Å². The highest BCUT2D eigenvalue weighted by molar-refractivity contribution is 7.85. The predicted molar refractivity (Wildman–Crippen MR) is 75.5 cm³/mol. The van der Waals surface area contributed by atoms with E-state index in [-0.39, 0.29) is 16.8 Å². The predicted octanol–water partition coefficient (Wildman–Crippen LogP) is 3.65. The average molecular weight is 287 g/mol. The van der Waals surface area contributed by atoms with Gasteiger partial charge in [-0.25, -0.2) is 0 Å². The minimum Gasteiger partial charge on any atom is -0.376 e. The van der Waals surface area contributed by atoms with Gasteiger partial charge in [0.2, 0.25) is 0 Å². The minimum absolute atomic E-state index is 0.0171. The van der Waals surface area contributed by atoms with Crippen molar-refractivity contribution in [2.45, 2.75) is 43.4 Å². The lowest BCUT2D eigenvalue weighted by molar-refractivity contribution is 0.0309. The van der Waals surface area contributed by atoms with Crippen LogP contribution in [0.15, 0.2) is 29.2 Å². The van der Waals surface area contributed by atoms with Crippen LogP contribution in [0.5, 0.6) is 0 Å². The van der Waals surface area contributed by atoms with E-state index in [1.165, 1.54) is 0 Å². The van der Waals surface area contributed by atoms with Gasteiger partial charge in [-0.05, 0) is 36.1 Å². The zero-order chi connectivity index (χ0) is 13.3.